The van der Waals surface area contributed by atoms with Crippen molar-refractivity contribution in [3.05, 3.63) is 53.1 Å². The molecule has 5 heteroatoms. The van der Waals surface area contributed by atoms with Crippen LogP contribution in [0.1, 0.15) is 30.5 Å². The van der Waals surface area contributed by atoms with Crippen molar-refractivity contribution >= 4 is 11.8 Å². The second kappa shape index (κ2) is 8.97. The summed E-state index contributed by atoms with van der Waals surface area (Å²) in [6.45, 7) is 6.56. The van der Waals surface area contributed by atoms with Crippen molar-refractivity contribution in [1.82, 2.24) is 0 Å². The molecule has 134 valence electrons. The van der Waals surface area contributed by atoms with Gasteiger partial charge in [0.15, 0.2) is 0 Å². The summed E-state index contributed by atoms with van der Waals surface area (Å²) in [4.78, 5) is 11.7. The zero-order valence-corrected chi connectivity index (χ0v) is 15.2. The van der Waals surface area contributed by atoms with Crippen LogP contribution >= 0.6 is 0 Å². The van der Waals surface area contributed by atoms with Gasteiger partial charge in [0.2, 0.25) is 0 Å². The number of rotatable bonds is 7. The van der Waals surface area contributed by atoms with Crippen LogP contribution in [0, 0.1) is 6.92 Å². The lowest BCUT2D eigenvalue weighted by atomic mass is 10.1. The van der Waals surface area contributed by atoms with E-state index in [1.54, 1.807) is 20.1 Å². The first-order valence-electron chi connectivity index (χ1n) is 8.40. The van der Waals surface area contributed by atoms with Gasteiger partial charge in [0.25, 0.3) is 0 Å². The highest BCUT2D eigenvalue weighted by atomic mass is 16.5. The number of hydrogen-bond donors (Lipinski definition) is 1. The molecule has 2 rings (SSSR count). The molecular weight excluding hydrogens is 318 g/mol. The minimum absolute atomic E-state index is 0.310. The largest absolute Gasteiger partial charge is 0.497 e. The maximum atomic E-state index is 11.7. The molecule has 0 fully saturated rings. The van der Waals surface area contributed by atoms with Gasteiger partial charge in [0.1, 0.15) is 18.1 Å². The fourth-order valence-corrected chi connectivity index (χ4v) is 2.45. The maximum Gasteiger partial charge on any atom is 0.411 e. The third kappa shape index (κ3) is 5.14. The van der Waals surface area contributed by atoms with Gasteiger partial charge in [0.05, 0.1) is 19.4 Å². The molecule has 0 aliphatic heterocycles. The molecule has 0 aliphatic carbocycles. The summed E-state index contributed by atoms with van der Waals surface area (Å²) in [6.07, 6.45) is 0.494. The predicted octanol–water partition coefficient (Wildman–Crippen LogP) is 4.71. The van der Waals surface area contributed by atoms with E-state index in [2.05, 4.69) is 24.4 Å². The third-order valence-corrected chi connectivity index (χ3v) is 3.86. The van der Waals surface area contributed by atoms with E-state index in [-0.39, 0.29) is 0 Å². The Kier molecular flexibility index (Phi) is 6.69. The zero-order valence-electron chi connectivity index (χ0n) is 15.2. The van der Waals surface area contributed by atoms with Crippen LogP contribution in [0.5, 0.6) is 11.5 Å². The minimum Gasteiger partial charge on any atom is -0.497 e. The van der Waals surface area contributed by atoms with Gasteiger partial charge in [-0.3, -0.25) is 5.32 Å². The number of anilines is 1. The summed E-state index contributed by atoms with van der Waals surface area (Å²) in [7, 11) is 1.58. The molecule has 0 unspecified atom stereocenters. The molecule has 1 amide bonds. The van der Waals surface area contributed by atoms with Gasteiger partial charge in [0, 0.05) is 11.6 Å². The van der Waals surface area contributed by atoms with Gasteiger partial charge < -0.3 is 14.2 Å². The fraction of sp³-hybridized carbons (Fsp3) is 0.350. The van der Waals surface area contributed by atoms with E-state index in [0.717, 1.165) is 23.3 Å². The molecule has 2 aromatic rings. The minimum atomic E-state index is -0.500. The SMILES string of the molecule is CCOC(=O)Nc1cc(OC)ccc1COc1ccc(CC)cc1C. The smallest absolute Gasteiger partial charge is 0.411 e. The average Bonchev–Trinajstić information content (AvgIpc) is 2.61. The quantitative estimate of drug-likeness (QED) is 0.791. The van der Waals surface area contributed by atoms with Crippen LogP contribution in [-0.2, 0) is 17.8 Å². The Hall–Kier alpha value is -2.69. The number of methoxy groups -OCH3 is 1. The summed E-state index contributed by atoms with van der Waals surface area (Å²) in [5.41, 5.74) is 3.82. The summed E-state index contributed by atoms with van der Waals surface area (Å²) < 4.78 is 16.1. The van der Waals surface area contributed by atoms with E-state index < -0.39 is 6.09 Å². The number of ether oxygens (including phenoxy) is 3. The highest BCUT2D eigenvalue weighted by molar-refractivity contribution is 5.86. The van der Waals surface area contributed by atoms with Crippen LogP contribution in [0.3, 0.4) is 0 Å². The summed E-state index contributed by atoms with van der Waals surface area (Å²) in [5.74, 6) is 1.48. The van der Waals surface area contributed by atoms with E-state index >= 15 is 0 Å². The van der Waals surface area contributed by atoms with Gasteiger partial charge in [-0.15, -0.1) is 0 Å². The number of benzene rings is 2. The molecule has 0 atom stereocenters. The number of carbonyl (C=O) groups is 1. The van der Waals surface area contributed by atoms with Crippen LogP contribution < -0.4 is 14.8 Å². The molecular formula is C20H25NO4. The van der Waals surface area contributed by atoms with E-state index in [9.17, 15) is 4.79 Å². The molecule has 0 spiro atoms. The Morgan fingerprint density at radius 1 is 1.12 bits per heavy atom. The number of nitrogens with one attached hydrogen (secondary N) is 1. The second-order valence-corrected chi connectivity index (χ2v) is 5.61. The third-order valence-electron chi connectivity index (χ3n) is 3.86. The Morgan fingerprint density at radius 3 is 2.56 bits per heavy atom. The molecule has 1 N–H and O–H groups in total. The average molecular weight is 343 g/mol. The van der Waals surface area contributed by atoms with Crippen molar-refractivity contribution in [2.24, 2.45) is 0 Å². The van der Waals surface area contributed by atoms with Crippen LogP contribution in [-0.4, -0.2) is 19.8 Å². The molecule has 2 aromatic carbocycles. The monoisotopic (exact) mass is 343 g/mol. The van der Waals surface area contributed by atoms with Gasteiger partial charge >= 0.3 is 6.09 Å². The van der Waals surface area contributed by atoms with Gasteiger partial charge in [-0.25, -0.2) is 4.79 Å². The van der Waals surface area contributed by atoms with E-state index in [0.29, 0.717) is 24.7 Å². The predicted molar refractivity (Wildman–Crippen MR) is 98.5 cm³/mol. The number of carbonyl (C=O) groups excluding carboxylic acids is 1. The number of hydrogen-bond acceptors (Lipinski definition) is 4. The highest BCUT2D eigenvalue weighted by Crippen LogP contribution is 2.26. The molecule has 0 bridgehead atoms. The lowest BCUT2D eigenvalue weighted by Crippen LogP contribution is -2.15. The van der Waals surface area contributed by atoms with Crippen molar-refractivity contribution in [3.8, 4) is 11.5 Å². The first-order valence-corrected chi connectivity index (χ1v) is 8.40. The van der Waals surface area contributed by atoms with Crippen LogP contribution in [0.25, 0.3) is 0 Å². The van der Waals surface area contributed by atoms with Crippen LogP contribution in [0.15, 0.2) is 36.4 Å². The van der Waals surface area contributed by atoms with Crippen molar-refractivity contribution in [1.29, 1.82) is 0 Å². The Balaban J connectivity index is 2.16. The van der Waals surface area contributed by atoms with E-state index in [4.69, 9.17) is 14.2 Å². The van der Waals surface area contributed by atoms with E-state index in [1.165, 1.54) is 5.56 Å². The zero-order chi connectivity index (χ0) is 18.2. The van der Waals surface area contributed by atoms with Crippen LogP contribution in [0.4, 0.5) is 10.5 Å². The second-order valence-electron chi connectivity index (χ2n) is 5.61. The normalized spacial score (nSPS) is 10.2. The van der Waals surface area contributed by atoms with Gasteiger partial charge in [-0.1, -0.05) is 19.1 Å². The number of amides is 1. The van der Waals surface area contributed by atoms with Gasteiger partial charge in [-0.2, -0.15) is 0 Å². The lowest BCUT2D eigenvalue weighted by molar-refractivity contribution is 0.168. The first kappa shape index (κ1) is 18.6. The summed E-state index contributed by atoms with van der Waals surface area (Å²) in [6, 6.07) is 11.6. The molecule has 0 aliphatic rings. The van der Waals surface area contributed by atoms with Crippen LogP contribution in [0.2, 0.25) is 0 Å². The Labute approximate surface area is 148 Å². The van der Waals surface area contributed by atoms with Crippen molar-refractivity contribution in [2.45, 2.75) is 33.8 Å². The topological polar surface area (TPSA) is 56.8 Å². The van der Waals surface area contributed by atoms with Crippen molar-refractivity contribution < 1.29 is 19.0 Å². The molecule has 0 aromatic heterocycles. The standard InChI is InChI=1S/C20H25NO4/c1-5-15-7-10-19(14(3)11-15)25-13-16-8-9-17(23-4)12-18(16)21-20(22)24-6-2/h7-12H,5-6,13H2,1-4H3,(H,21,22). The molecule has 0 heterocycles. The summed E-state index contributed by atoms with van der Waals surface area (Å²) in [5, 5.41) is 2.73. The molecule has 0 saturated heterocycles. The summed E-state index contributed by atoms with van der Waals surface area (Å²) >= 11 is 0. The van der Waals surface area contributed by atoms with Crippen molar-refractivity contribution in [2.75, 3.05) is 19.0 Å². The van der Waals surface area contributed by atoms with Crippen molar-refractivity contribution in [3.63, 3.8) is 0 Å². The molecule has 25 heavy (non-hydrogen) atoms. The van der Waals surface area contributed by atoms with Gasteiger partial charge in [-0.05, 0) is 49.6 Å². The number of aryl methyl sites for hydroxylation is 2. The Morgan fingerprint density at radius 2 is 1.92 bits per heavy atom. The lowest BCUT2D eigenvalue weighted by Gasteiger charge is -2.15. The fourth-order valence-electron chi connectivity index (χ4n) is 2.45. The molecule has 0 radical (unpaired) electrons. The Bertz CT molecular complexity index is 728. The highest BCUT2D eigenvalue weighted by Gasteiger charge is 2.10. The van der Waals surface area contributed by atoms with E-state index in [1.807, 2.05) is 25.1 Å². The molecule has 0 saturated carbocycles. The first-order chi connectivity index (χ1) is 12.1. The maximum absolute atomic E-state index is 11.7. The molecule has 5 nitrogen and oxygen atoms in total.